The smallest absolute Gasteiger partial charge is 0.317 e. The standard InChI is InChI=1S/C30H42I3N7O16/c31-25-23(29(55)35-5-15(43)13-41)26(32)28(27(33)24(25)30(56)36-6-16(44)14-42)37-17(45)7-34-18(46)8-39(10-20(49)50)3-1-38(9-19(47)48)2-4-40(11-21(51)52)12-22(53)54/h15-16,41-44H,1-14H2,(H,34,46)(H,35,55)(H,36,56)(H,37,45)(H,47,48)(H,49,50)(H,51,52)(H,53,54). The number of nitrogens with one attached hydrogen (secondary N) is 4. The third-order valence-corrected chi connectivity index (χ3v) is 10.4. The number of carbonyl (C=O) groups is 8. The van der Waals surface area contributed by atoms with Gasteiger partial charge < -0.3 is 62.1 Å². The van der Waals surface area contributed by atoms with Gasteiger partial charge in [-0.3, -0.25) is 53.1 Å². The Labute approximate surface area is 359 Å². The first-order valence-electron chi connectivity index (χ1n) is 16.2. The van der Waals surface area contributed by atoms with Crippen molar-refractivity contribution in [3.63, 3.8) is 0 Å². The van der Waals surface area contributed by atoms with Gasteiger partial charge in [-0.1, -0.05) is 0 Å². The summed E-state index contributed by atoms with van der Waals surface area (Å²) in [6.07, 6.45) is -2.60. The molecule has 0 aliphatic carbocycles. The first-order chi connectivity index (χ1) is 26.2. The maximum atomic E-state index is 13.2. The van der Waals surface area contributed by atoms with Crippen LogP contribution in [0.15, 0.2) is 0 Å². The Morgan fingerprint density at radius 1 is 0.518 bits per heavy atom. The van der Waals surface area contributed by atoms with Crippen LogP contribution in [0.25, 0.3) is 0 Å². The molecule has 1 aromatic carbocycles. The number of anilines is 1. The van der Waals surface area contributed by atoms with Crippen molar-refractivity contribution < 1.29 is 79.2 Å². The summed E-state index contributed by atoms with van der Waals surface area (Å²) < 4.78 is 0.408. The van der Waals surface area contributed by atoms with Crippen LogP contribution < -0.4 is 21.3 Å². The average Bonchev–Trinajstić information content (AvgIpc) is 3.10. The van der Waals surface area contributed by atoms with E-state index in [2.05, 4.69) is 21.3 Å². The van der Waals surface area contributed by atoms with Crippen LogP contribution in [0, 0.1) is 10.7 Å². The van der Waals surface area contributed by atoms with Crippen LogP contribution >= 0.6 is 67.8 Å². The number of aliphatic hydroxyl groups excluding tert-OH is 4. The van der Waals surface area contributed by atoms with Crippen LogP contribution in [0.4, 0.5) is 5.69 Å². The van der Waals surface area contributed by atoms with Crippen molar-refractivity contribution in [2.45, 2.75) is 12.2 Å². The Hall–Kier alpha value is -3.11. The molecule has 26 heteroatoms. The van der Waals surface area contributed by atoms with Gasteiger partial charge in [0, 0.05) is 42.8 Å². The molecule has 0 saturated heterocycles. The maximum Gasteiger partial charge on any atom is 0.317 e. The summed E-state index contributed by atoms with van der Waals surface area (Å²) in [5.41, 5.74) is -0.216. The van der Waals surface area contributed by atoms with E-state index in [1.807, 2.05) is 0 Å². The van der Waals surface area contributed by atoms with Gasteiger partial charge >= 0.3 is 23.9 Å². The molecule has 4 amide bonds. The fourth-order valence-corrected chi connectivity index (χ4v) is 8.97. The van der Waals surface area contributed by atoms with Gasteiger partial charge in [-0.25, -0.2) is 0 Å². The Kier molecular flexibility index (Phi) is 23.6. The molecule has 56 heavy (non-hydrogen) atoms. The number of nitrogens with zero attached hydrogens (tertiary/aromatic N) is 3. The number of halogens is 3. The number of hydrogen-bond acceptors (Lipinski definition) is 15. The highest BCUT2D eigenvalue weighted by Crippen LogP contribution is 2.35. The van der Waals surface area contributed by atoms with E-state index in [9.17, 15) is 58.8 Å². The maximum absolute atomic E-state index is 13.2. The lowest BCUT2D eigenvalue weighted by atomic mass is 10.1. The van der Waals surface area contributed by atoms with Gasteiger partial charge in [-0.2, -0.15) is 0 Å². The van der Waals surface area contributed by atoms with Gasteiger partial charge in [0.2, 0.25) is 11.8 Å². The van der Waals surface area contributed by atoms with Crippen molar-refractivity contribution in [3.05, 3.63) is 21.8 Å². The number of benzene rings is 1. The van der Waals surface area contributed by atoms with Crippen LogP contribution in [0.1, 0.15) is 20.7 Å². The Morgan fingerprint density at radius 3 is 1.25 bits per heavy atom. The minimum Gasteiger partial charge on any atom is -0.480 e. The molecule has 0 fully saturated rings. The van der Waals surface area contributed by atoms with E-state index in [0.717, 1.165) is 9.80 Å². The summed E-state index contributed by atoms with van der Waals surface area (Å²) >= 11 is 5.23. The molecule has 0 aromatic heterocycles. The fourth-order valence-electron chi connectivity index (χ4n) is 4.55. The third-order valence-electron chi connectivity index (χ3n) is 7.17. The van der Waals surface area contributed by atoms with E-state index in [4.69, 9.17) is 20.4 Å². The van der Waals surface area contributed by atoms with E-state index in [0.29, 0.717) is 0 Å². The molecule has 0 aliphatic rings. The van der Waals surface area contributed by atoms with Crippen molar-refractivity contribution in [2.24, 2.45) is 0 Å². The van der Waals surface area contributed by atoms with E-state index in [1.54, 1.807) is 67.8 Å². The highest BCUT2D eigenvalue weighted by atomic mass is 127. The van der Waals surface area contributed by atoms with Gasteiger partial charge in [0.15, 0.2) is 0 Å². The van der Waals surface area contributed by atoms with E-state index >= 15 is 0 Å². The third kappa shape index (κ3) is 18.9. The number of rotatable bonds is 27. The van der Waals surface area contributed by atoms with Crippen LogP contribution in [0.5, 0.6) is 0 Å². The Balaban J connectivity index is 3.17. The van der Waals surface area contributed by atoms with Crippen molar-refractivity contribution in [1.82, 2.24) is 30.7 Å². The van der Waals surface area contributed by atoms with E-state index < -0.39 is 112 Å². The molecule has 23 nitrogen and oxygen atoms in total. The number of carbonyl (C=O) groups excluding carboxylic acids is 4. The Bertz CT molecular complexity index is 1540. The highest BCUT2D eigenvalue weighted by molar-refractivity contribution is 14.1. The second-order valence-corrected chi connectivity index (χ2v) is 15.0. The molecule has 2 atom stereocenters. The number of aliphatic hydroxyl groups is 4. The summed E-state index contributed by atoms with van der Waals surface area (Å²) in [5, 5.41) is 84.2. The zero-order valence-corrected chi connectivity index (χ0v) is 35.8. The predicted octanol–water partition coefficient (Wildman–Crippen LogP) is -4.03. The normalized spacial score (nSPS) is 12.2. The summed E-state index contributed by atoms with van der Waals surface area (Å²) in [6, 6.07) is 0. The molecule has 0 saturated carbocycles. The lowest BCUT2D eigenvalue weighted by Crippen LogP contribution is -2.47. The molecule has 1 rings (SSSR count). The first kappa shape index (κ1) is 50.9. The quantitative estimate of drug-likeness (QED) is 0.0373. The summed E-state index contributed by atoms with van der Waals surface area (Å²) in [5.74, 6) is -8.46. The monoisotopic (exact) mass is 1140 g/mol. The fraction of sp³-hybridized carbons (Fsp3) is 0.533. The number of carboxylic acids is 4. The first-order valence-corrected chi connectivity index (χ1v) is 19.4. The second-order valence-electron chi connectivity index (χ2n) is 11.8. The molecular weight excluding hydrogens is 1100 g/mol. The molecule has 314 valence electrons. The summed E-state index contributed by atoms with van der Waals surface area (Å²) in [4.78, 5) is 101. The number of hydrogen-bond donors (Lipinski definition) is 12. The largest absolute Gasteiger partial charge is 0.480 e. The van der Waals surface area contributed by atoms with Crippen molar-refractivity contribution >= 4 is 121 Å². The van der Waals surface area contributed by atoms with E-state index in [1.165, 1.54) is 4.90 Å². The second kappa shape index (κ2) is 26.0. The summed E-state index contributed by atoms with van der Waals surface area (Å²) in [7, 11) is 0. The van der Waals surface area contributed by atoms with Gasteiger partial charge in [-0.15, -0.1) is 0 Å². The number of aliphatic carboxylic acids is 4. The molecular formula is C30H42I3N7O16. The van der Waals surface area contributed by atoms with Gasteiger partial charge in [0.05, 0.1) is 88.6 Å². The Morgan fingerprint density at radius 2 is 0.875 bits per heavy atom. The summed E-state index contributed by atoms with van der Waals surface area (Å²) in [6.45, 7) is -6.38. The number of amides is 4. The van der Waals surface area contributed by atoms with Crippen LogP contribution in [0.3, 0.4) is 0 Å². The zero-order chi connectivity index (χ0) is 42.7. The van der Waals surface area contributed by atoms with E-state index in [-0.39, 0.29) is 66.8 Å². The van der Waals surface area contributed by atoms with Crippen molar-refractivity contribution in [2.75, 3.05) is 97.1 Å². The molecule has 0 bridgehead atoms. The van der Waals surface area contributed by atoms with Crippen molar-refractivity contribution in [1.29, 1.82) is 0 Å². The molecule has 2 unspecified atom stereocenters. The molecule has 12 N–H and O–H groups in total. The topological polar surface area (TPSA) is 356 Å². The average molecular weight is 1140 g/mol. The predicted molar refractivity (Wildman–Crippen MR) is 217 cm³/mol. The van der Waals surface area contributed by atoms with Gasteiger partial charge in [-0.05, 0) is 67.8 Å². The minimum atomic E-state index is -1.34. The molecule has 0 aliphatic heterocycles. The minimum absolute atomic E-state index is 0.0251. The van der Waals surface area contributed by atoms with Gasteiger partial charge in [0.25, 0.3) is 11.8 Å². The zero-order valence-electron chi connectivity index (χ0n) is 29.4. The SMILES string of the molecule is O=C(O)CN(CCN(CC(=O)O)CC(=O)O)CCN(CC(=O)O)CC(=O)NCC(=O)Nc1c(I)c(C(=O)NCC(O)CO)c(I)c(C(=O)NCC(O)CO)c1I. The van der Waals surface area contributed by atoms with Crippen LogP contribution in [-0.4, -0.2) is 207 Å². The molecule has 0 radical (unpaired) electrons. The molecule has 1 aromatic rings. The number of carboxylic acid groups (broad SMARTS) is 4. The van der Waals surface area contributed by atoms with Crippen molar-refractivity contribution in [3.8, 4) is 0 Å². The highest BCUT2D eigenvalue weighted by Gasteiger charge is 2.29. The van der Waals surface area contributed by atoms with Crippen LogP contribution in [-0.2, 0) is 28.8 Å². The van der Waals surface area contributed by atoms with Gasteiger partial charge in [0.1, 0.15) is 0 Å². The molecule has 0 spiro atoms. The van der Waals surface area contributed by atoms with Crippen LogP contribution in [0.2, 0.25) is 0 Å². The molecule has 0 heterocycles. The lowest BCUT2D eigenvalue weighted by Gasteiger charge is -2.27. The lowest BCUT2D eigenvalue weighted by molar-refractivity contribution is -0.143.